The molecule has 6 heteroatoms. The van der Waals surface area contributed by atoms with E-state index in [1.807, 2.05) is 0 Å². The number of hydrogen-bond acceptors (Lipinski definition) is 3. The van der Waals surface area contributed by atoms with E-state index in [1.54, 1.807) is 18.4 Å². The second-order valence-corrected chi connectivity index (χ2v) is 6.99. The van der Waals surface area contributed by atoms with E-state index in [1.165, 1.54) is 16.7 Å². The molecule has 2 N–H and O–H groups in total. The molecule has 5 nitrogen and oxygen atoms in total. The Morgan fingerprint density at radius 1 is 1.29 bits per heavy atom. The molecule has 0 aliphatic carbocycles. The summed E-state index contributed by atoms with van der Waals surface area (Å²) >= 11 is 3.46. The maximum Gasteiger partial charge on any atom is 0.243 e. The van der Waals surface area contributed by atoms with Gasteiger partial charge in [0, 0.05) is 22.9 Å². The number of hydrogen-bond donors (Lipinski definition) is 2. The summed E-state index contributed by atoms with van der Waals surface area (Å²) in [4.78, 5) is 13.7. The van der Waals surface area contributed by atoms with Crippen molar-refractivity contribution in [3.05, 3.63) is 58.5 Å². The number of carbonyl (C=O) groups excluding carboxylic acids is 1. The number of furan rings is 1. The summed E-state index contributed by atoms with van der Waals surface area (Å²) in [6, 6.07) is 12.0. The predicted molar refractivity (Wildman–Crippen MR) is 95.7 cm³/mol. The van der Waals surface area contributed by atoms with E-state index in [4.69, 9.17) is 4.42 Å². The molecule has 0 saturated carbocycles. The van der Waals surface area contributed by atoms with Gasteiger partial charge < -0.3 is 9.32 Å². The first-order chi connectivity index (χ1) is 11.7. The summed E-state index contributed by atoms with van der Waals surface area (Å²) in [6.45, 7) is 3.03. The number of likely N-dealkylation sites (tertiary alicyclic amines) is 1. The molecule has 1 aliphatic heterocycles. The van der Waals surface area contributed by atoms with Gasteiger partial charge >= 0.3 is 0 Å². The van der Waals surface area contributed by atoms with Crippen molar-refractivity contribution in [2.24, 2.45) is 11.0 Å². The summed E-state index contributed by atoms with van der Waals surface area (Å²) in [7, 11) is 0. The third-order valence-electron chi connectivity index (χ3n) is 4.34. The molecule has 1 aliphatic rings. The normalized spacial score (nSPS) is 21.0. The Hall–Kier alpha value is -1.92. The molecule has 0 spiro atoms. The number of halogens is 1. The molecule has 1 amide bonds. The Bertz CT molecular complexity index is 675. The van der Waals surface area contributed by atoms with E-state index in [0.29, 0.717) is 5.76 Å². The molecule has 0 atom stereocenters. The lowest BCUT2D eigenvalue weighted by atomic mass is 9.96. The first-order valence-electron chi connectivity index (χ1n) is 8.15. The maximum atomic E-state index is 12.2. The van der Waals surface area contributed by atoms with Gasteiger partial charge in [0.2, 0.25) is 5.91 Å². The van der Waals surface area contributed by atoms with Crippen molar-refractivity contribution in [2.45, 2.75) is 19.4 Å². The third-order valence-corrected chi connectivity index (χ3v) is 4.87. The molecule has 2 aromatic rings. The van der Waals surface area contributed by atoms with Crippen molar-refractivity contribution in [2.75, 3.05) is 13.1 Å². The Kier molecular flexibility index (Phi) is 5.82. The average Bonchev–Trinajstić information content (AvgIpc) is 3.11. The highest BCUT2D eigenvalue weighted by Gasteiger charge is 2.27. The monoisotopic (exact) mass is 390 g/mol. The highest BCUT2D eigenvalue weighted by Crippen LogP contribution is 2.12. The fraction of sp³-hybridized carbons (Fsp3) is 0.333. The molecular weight excluding hydrogens is 370 g/mol. The van der Waals surface area contributed by atoms with Gasteiger partial charge in [-0.1, -0.05) is 28.1 Å². The number of hydrazone groups is 1. The topological polar surface area (TPSA) is 59.0 Å². The summed E-state index contributed by atoms with van der Waals surface area (Å²) in [5.74, 6) is 0.678. The van der Waals surface area contributed by atoms with Crippen molar-refractivity contribution in [3.8, 4) is 0 Å². The van der Waals surface area contributed by atoms with Crippen LogP contribution in [0.25, 0.3) is 0 Å². The summed E-state index contributed by atoms with van der Waals surface area (Å²) in [5.41, 5.74) is 3.95. The number of quaternary nitrogens is 1. The highest BCUT2D eigenvalue weighted by atomic mass is 79.9. The van der Waals surface area contributed by atoms with E-state index in [2.05, 4.69) is 50.7 Å². The fourth-order valence-electron chi connectivity index (χ4n) is 2.97. The minimum atomic E-state index is 0.000461. The van der Waals surface area contributed by atoms with Gasteiger partial charge in [-0.25, -0.2) is 5.43 Å². The van der Waals surface area contributed by atoms with E-state index in [9.17, 15) is 4.79 Å². The van der Waals surface area contributed by atoms with Crippen LogP contribution in [0.3, 0.4) is 0 Å². The Morgan fingerprint density at radius 3 is 2.71 bits per heavy atom. The van der Waals surface area contributed by atoms with Crippen molar-refractivity contribution < 1.29 is 14.1 Å². The molecule has 0 unspecified atom stereocenters. The zero-order chi connectivity index (χ0) is 16.8. The van der Waals surface area contributed by atoms with Gasteiger partial charge in [0.15, 0.2) is 0 Å². The lowest BCUT2D eigenvalue weighted by Crippen LogP contribution is -3.11. The quantitative estimate of drug-likeness (QED) is 0.605. The van der Waals surface area contributed by atoms with Gasteiger partial charge in [-0.15, -0.1) is 0 Å². The van der Waals surface area contributed by atoms with Gasteiger partial charge in [0.25, 0.3) is 0 Å². The maximum absolute atomic E-state index is 12.2. The van der Waals surface area contributed by atoms with E-state index in [-0.39, 0.29) is 11.8 Å². The van der Waals surface area contributed by atoms with Crippen LogP contribution >= 0.6 is 15.9 Å². The van der Waals surface area contributed by atoms with Gasteiger partial charge in [-0.05, 0) is 24.3 Å². The van der Waals surface area contributed by atoms with Gasteiger partial charge in [0.1, 0.15) is 12.3 Å². The Morgan fingerprint density at radius 2 is 2.04 bits per heavy atom. The van der Waals surface area contributed by atoms with Gasteiger partial charge in [-0.3, -0.25) is 4.79 Å². The largest absolute Gasteiger partial charge is 0.463 e. The molecule has 3 rings (SSSR count). The van der Waals surface area contributed by atoms with Gasteiger partial charge in [0.05, 0.1) is 31.5 Å². The number of piperidine rings is 1. The smallest absolute Gasteiger partial charge is 0.243 e. The number of rotatable bonds is 5. The summed E-state index contributed by atoms with van der Waals surface area (Å²) in [5, 5.41) is 3.95. The molecule has 126 valence electrons. The molecule has 0 bridgehead atoms. The standard InChI is InChI=1S/C18H20BrN3O2/c19-16-5-3-14(4-6-16)13-22-9-7-15(8-10-22)18(23)21-20-12-17-2-1-11-24-17/h1-6,11-12,15H,7-10,13H2,(H,21,23)/p+1/b20-12-. The second-order valence-electron chi connectivity index (χ2n) is 6.08. The Labute approximate surface area is 149 Å². The van der Waals surface area contributed by atoms with Crippen LogP contribution in [0.15, 0.2) is 56.7 Å². The van der Waals surface area contributed by atoms with Crippen LogP contribution in [0.5, 0.6) is 0 Å². The minimum Gasteiger partial charge on any atom is -0.463 e. The van der Waals surface area contributed by atoms with Crippen molar-refractivity contribution in [1.82, 2.24) is 5.43 Å². The SMILES string of the molecule is O=C(N/N=C\c1ccco1)C1CC[NH+](Cc2ccc(Br)cc2)CC1. The number of carbonyl (C=O) groups is 1. The van der Waals surface area contributed by atoms with E-state index < -0.39 is 0 Å². The van der Waals surface area contributed by atoms with Gasteiger partial charge in [-0.2, -0.15) is 5.10 Å². The molecule has 1 saturated heterocycles. The van der Waals surface area contributed by atoms with E-state index in [0.717, 1.165) is 36.9 Å². The summed E-state index contributed by atoms with van der Waals surface area (Å²) in [6.07, 6.45) is 4.89. The first kappa shape index (κ1) is 16.9. The van der Waals surface area contributed by atoms with E-state index >= 15 is 0 Å². The first-order valence-corrected chi connectivity index (χ1v) is 8.94. The van der Waals surface area contributed by atoms with Crippen LogP contribution in [0.2, 0.25) is 0 Å². The zero-order valence-electron chi connectivity index (χ0n) is 13.4. The predicted octanol–water partition coefficient (Wildman–Crippen LogP) is 1.99. The third kappa shape index (κ3) is 4.79. The average molecular weight is 391 g/mol. The lowest BCUT2D eigenvalue weighted by molar-refractivity contribution is -0.919. The summed E-state index contributed by atoms with van der Waals surface area (Å²) < 4.78 is 6.24. The number of benzene rings is 1. The Balaban J connectivity index is 1.42. The molecule has 1 fully saturated rings. The number of amides is 1. The molecular formula is C18H21BrN3O2+. The van der Waals surface area contributed by atoms with Crippen molar-refractivity contribution in [3.63, 3.8) is 0 Å². The number of nitrogens with zero attached hydrogens (tertiary/aromatic N) is 1. The zero-order valence-corrected chi connectivity index (χ0v) is 15.0. The molecule has 1 aromatic heterocycles. The van der Waals surface area contributed by atoms with Crippen LogP contribution < -0.4 is 10.3 Å². The van der Waals surface area contributed by atoms with Crippen LogP contribution in [-0.4, -0.2) is 25.2 Å². The second kappa shape index (κ2) is 8.26. The molecule has 24 heavy (non-hydrogen) atoms. The van der Waals surface area contributed by atoms with Crippen molar-refractivity contribution >= 4 is 28.1 Å². The van der Waals surface area contributed by atoms with Crippen LogP contribution in [0.4, 0.5) is 0 Å². The lowest BCUT2D eigenvalue weighted by Gasteiger charge is -2.28. The fourth-order valence-corrected chi connectivity index (χ4v) is 3.24. The number of nitrogens with one attached hydrogen (secondary N) is 2. The molecule has 2 heterocycles. The highest BCUT2D eigenvalue weighted by molar-refractivity contribution is 9.10. The molecule has 0 radical (unpaired) electrons. The van der Waals surface area contributed by atoms with Crippen LogP contribution in [0.1, 0.15) is 24.2 Å². The van der Waals surface area contributed by atoms with Crippen molar-refractivity contribution in [1.29, 1.82) is 0 Å². The van der Waals surface area contributed by atoms with Crippen LogP contribution in [0, 0.1) is 5.92 Å². The van der Waals surface area contributed by atoms with Crippen LogP contribution in [-0.2, 0) is 11.3 Å². The molecule has 1 aromatic carbocycles. The minimum absolute atomic E-state index is 0.000461.